The zero-order valence-corrected chi connectivity index (χ0v) is 15.0. The van der Waals surface area contributed by atoms with Crippen LogP contribution in [0.1, 0.15) is 78.1 Å². The highest BCUT2D eigenvalue weighted by Gasteiger charge is 2.28. The Bertz CT molecular complexity index is 530. The fourth-order valence-electron chi connectivity index (χ4n) is 2.46. The molecule has 0 bridgehead atoms. The number of phenolic OH excluding ortho intramolecular Hbond substituents is 1. The first-order chi connectivity index (χ1) is 9.76. The summed E-state index contributed by atoms with van der Waals surface area (Å²) in [6, 6.07) is 3.28. The highest BCUT2D eigenvalue weighted by Crippen LogP contribution is 2.41. The molecule has 0 aliphatic heterocycles. The first-order valence-corrected chi connectivity index (χ1v) is 7.63. The van der Waals surface area contributed by atoms with Crippen LogP contribution in [-0.4, -0.2) is 21.3 Å². The Hall–Kier alpha value is -1.55. The molecule has 1 rings (SSSR count). The minimum Gasteiger partial charge on any atom is -0.507 e. The number of rotatable bonds is 2. The van der Waals surface area contributed by atoms with Crippen molar-refractivity contribution in [1.82, 2.24) is 5.06 Å². The van der Waals surface area contributed by atoms with Crippen LogP contribution < -0.4 is 0 Å². The quantitative estimate of drug-likeness (QED) is 0.633. The fourth-order valence-corrected chi connectivity index (χ4v) is 2.46. The zero-order valence-electron chi connectivity index (χ0n) is 15.0. The molecule has 0 saturated heterocycles. The largest absolute Gasteiger partial charge is 0.507 e. The van der Waals surface area contributed by atoms with Gasteiger partial charge in [0, 0.05) is 6.92 Å². The van der Waals surface area contributed by atoms with Crippen LogP contribution in [0.3, 0.4) is 0 Å². The van der Waals surface area contributed by atoms with Crippen molar-refractivity contribution in [1.29, 1.82) is 0 Å². The molecule has 0 aliphatic carbocycles. The van der Waals surface area contributed by atoms with Gasteiger partial charge in [0.15, 0.2) is 0 Å². The molecule has 0 aliphatic rings. The molecule has 1 aromatic carbocycles. The van der Waals surface area contributed by atoms with Gasteiger partial charge in [-0.15, -0.1) is 0 Å². The van der Waals surface area contributed by atoms with Crippen molar-refractivity contribution in [3.05, 3.63) is 28.8 Å². The van der Waals surface area contributed by atoms with E-state index in [2.05, 4.69) is 0 Å². The van der Waals surface area contributed by atoms with Crippen molar-refractivity contribution in [2.24, 2.45) is 0 Å². The Morgan fingerprint density at radius 2 is 1.41 bits per heavy atom. The molecular weight excluding hydrogens is 278 g/mol. The molecule has 1 unspecified atom stereocenters. The molecule has 1 amide bonds. The minimum atomic E-state index is -0.472. The van der Waals surface area contributed by atoms with Gasteiger partial charge in [-0.05, 0) is 46.6 Å². The first kappa shape index (κ1) is 18.5. The maximum atomic E-state index is 11.4. The molecule has 0 heterocycles. The second-order valence-corrected chi connectivity index (χ2v) is 8.00. The van der Waals surface area contributed by atoms with E-state index in [1.54, 1.807) is 6.92 Å². The number of phenols is 1. The first-order valence-electron chi connectivity index (χ1n) is 7.63. The maximum absolute atomic E-state index is 11.4. The summed E-state index contributed by atoms with van der Waals surface area (Å²) < 4.78 is 0. The Kier molecular flexibility index (Phi) is 4.98. The van der Waals surface area contributed by atoms with E-state index in [0.29, 0.717) is 5.75 Å². The Balaban J connectivity index is 3.58. The molecular formula is C18H29NO3. The average Bonchev–Trinajstić information content (AvgIpc) is 2.34. The minimum absolute atomic E-state index is 0.240. The summed E-state index contributed by atoms with van der Waals surface area (Å²) in [6.07, 6.45) is 0. The van der Waals surface area contributed by atoms with Gasteiger partial charge in [0.1, 0.15) is 5.75 Å². The number of hydrogen-bond donors (Lipinski definition) is 2. The molecule has 0 spiro atoms. The van der Waals surface area contributed by atoms with E-state index in [9.17, 15) is 15.1 Å². The third-order valence-electron chi connectivity index (χ3n) is 3.92. The van der Waals surface area contributed by atoms with Crippen molar-refractivity contribution in [2.75, 3.05) is 0 Å². The molecule has 0 saturated carbocycles. The van der Waals surface area contributed by atoms with E-state index < -0.39 is 11.9 Å². The number of carbonyl (C=O) groups is 1. The van der Waals surface area contributed by atoms with Crippen molar-refractivity contribution < 1.29 is 15.1 Å². The Morgan fingerprint density at radius 3 is 1.68 bits per heavy atom. The lowest BCUT2D eigenvalue weighted by Crippen LogP contribution is -2.28. The number of carbonyl (C=O) groups excluding carboxylic acids is 1. The summed E-state index contributed by atoms with van der Waals surface area (Å²) in [5, 5.41) is 21.3. The number of hydroxylamine groups is 2. The number of benzene rings is 1. The average molecular weight is 307 g/mol. The second-order valence-electron chi connectivity index (χ2n) is 8.00. The predicted octanol–water partition coefficient (Wildman–Crippen LogP) is 4.29. The van der Waals surface area contributed by atoms with E-state index >= 15 is 0 Å². The van der Waals surface area contributed by atoms with Crippen LogP contribution in [0.25, 0.3) is 0 Å². The van der Waals surface area contributed by atoms with Gasteiger partial charge in [0.25, 0.3) is 0 Å². The predicted molar refractivity (Wildman–Crippen MR) is 88.2 cm³/mol. The van der Waals surface area contributed by atoms with Gasteiger partial charge < -0.3 is 5.11 Å². The van der Waals surface area contributed by atoms with Crippen LogP contribution in [0, 0.1) is 0 Å². The molecule has 0 radical (unpaired) electrons. The lowest BCUT2D eigenvalue weighted by atomic mass is 9.78. The van der Waals surface area contributed by atoms with Crippen LogP contribution in [0.4, 0.5) is 0 Å². The van der Waals surface area contributed by atoms with Gasteiger partial charge >= 0.3 is 0 Å². The van der Waals surface area contributed by atoms with E-state index in [0.717, 1.165) is 21.8 Å². The molecule has 1 atom stereocenters. The Labute approximate surface area is 133 Å². The molecule has 1 aromatic rings. The van der Waals surface area contributed by atoms with Crippen LogP contribution in [0.5, 0.6) is 5.75 Å². The summed E-state index contributed by atoms with van der Waals surface area (Å²) >= 11 is 0. The Morgan fingerprint density at radius 1 is 1.05 bits per heavy atom. The van der Waals surface area contributed by atoms with Gasteiger partial charge in [-0.25, -0.2) is 5.06 Å². The fraction of sp³-hybridized carbons (Fsp3) is 0.611. The molecule has 0 fully saturated rings. The third kappa shape index (κ3) is 3.80. The van der Waals surface area contributed by atoms with Crippen LogP contribution in [-0.2, 0) is 15.6 Å². The van der Waals surface area contributed by atoms with Crippen molar-refractivity contribution in [3.63, 3.8) is 0 Å². The van der Waals surface area contributed by atoms with E-state index in [1.807, 2.05) is 53.7 Å². The van der Waals surface area contributed by atoms with Gasteiger partial charge in [0.2, 0.25) is 5.91 Å². The van der Waals surface area contributed by atoms with Crippen molar-refractivity contribution in [2.45, 2.75) is 72.3 Å². The van der Waals surface area contributed by atoms with E-state index in [4.69, 9.17) is 0 Å². The summed E-state index contributed by atoms with van der Waals surface area (Å²) in [5.41, 5.74) is 1.97. The SMILES string of the molecule is CC(=O)N(O)C(C)c1cc(C(C)(C)C)c(O)c(C(C)(C)C)c1. The summed E-state index contributed by atoms with van der Waals surface area (Å²) in [4.78, 5) is 11.4. The standard InChI is InChI=1S/C18H29NO3/c1-11(19(22)12(2)20)13-9-14(17(3,4)5)16(21)15(10-13)18(6,7)8/h9-11,21-22H,1-8H3. The maximum Gasteiger partial charge on any atom is 0.243 e. The topological polar surface area (TPSA) is 60.8 Å². The van der Waals surface area contributed by atoms with E-state index in [1.165, 1.54) is 6.92 Å². The second kappa shape index (κ2) is 5.92. The smallest absolute Gasteiger partial charge is 0.243 e. The highest BCUT2D eigenvalue weighted by atomic mass is 16.5. The van der Waals surface area contributed by atoms with Gasteiger partial charge in [-0.2, -0.15) is 0 Å². The highest BCUT2D eigenvalue weighted by molar-refractivity contribution is 5.72. The van der Waals surface area contributed by atoms with Gasteiger partial charge in [0.05, 0.1) is 6.04 Å². The molecule has 4 nitrogen and oxygen atoms in total. The number of amides is 1. The van der Waals surface area contributed by atoms with E-state index in [-0.39, 0.29) is 10.8 Å². The van der Waals surface area contributed by atoms with Gasteiger partial charge in [-0.3, -0.25) is 10.0 Å². The zero-order chi connectivity index (χ0) is 17.5. The third-order valence-corrected chi connectivity index (χ3v) is 3.92. The number of aromatic hydroxyl groups is 1. The van der Waals surface area contributed by atoms with Crippen LogP contribution in [0.15, 0.2) is 12.1 Å². The molecule has 4 heteroatoms. The lowest BCUT2D eigenvalue weighted by Gasteiger charge is -2.30. The van der Waals surface area contributed by atoms with Gasteiger partial charge in [-0.1, -0.05) is 41.5 Å². The van der Waals surface area contributed by atoms with Crippen LogP contribution >= 0.6 is 0 Å². The normalized spacial score (nSPS) is 13.9. The summed E-state index contributed by atoms with van der Waals surface area (Å²) in [5.74, 6) is -0.113. The van der Waals surface area contributed by atoms with Crippen molar-refractivity contribution >= 4 is 5.91 Å². The van der Waals surface area contributed by atoms with Crippen LogP contribution in [0.2, 0.25) is 0 Å². The molecule has 2 N–H and O–H groups in total. The van der Waals surface area contributed by atoms with Crippen molar-refractivity contribution in [3.8, 4) is 5.75 Å². The monoisotopic (exact) mass is 307 g/mol. The molecule has 124 valence electrons. The number of nitrogens with zero attached hydrogens (tertiary/aromatic N) is 1. The molecule has 22 heavy (non-hydrogen) atoms. The summed E-state index contributed by atoms with van der Waals surface area (Å²) in [6.45, 7) is 15.3. The number of hydrogen-bond acceptors (Lipinski definition) is 3. The summed E-state index contributed by atoms with van der Waals surface area (Å²) in [7, 11) is 0. The lowest BCUT2D eigenvalue weighted by molar-refractivity contribution is -0.172. The molecule has 0 aromatic heterocycles.